The van der Waals surface area contributed by atoms with Crippen molar-refractivity contribution in [2.75, 3.05) is 0 Å². The number of H-pyrrole nitrogens is 1. The van der Waals surface area contributed by atoms with Crippen LogP contribution in [0, 0.1) is 0 Å². The van der Waals surface area contributed by atoms with Gasteiger partial charge in [-0.3, -0.25) is 10.1 Å². The van der Waals surface area contributed by atoms with Crippen LogP contribution in [0.15, 0.2) is 53.9 Å². The molecule has 0 spiro atoms. The molecule has 7 nitrogen and oxygen atoms in total. The van der Waals surface area contributed by atoms with E-state index in [4.69, 9.17) is 27.9 Å². The van der Waals surface area contributed by atoms with Gasteiger partial charge < -0.3 is 4.74 Å². The average molecular weight is 485 g/mol. The summed E-state index contributed by atoms with van der Waals surface area (Å²) in [6.45, 7) is 1.88. The number of aromatic nitrogens is 4. The van der Waals surface area contributed by atoms with Crippen LogP contribution in [0.25, 0.3) is 23.1 Å². The number of halogens is 2. The Bertz CT molecular complexity index is 1300. The summed E-state index contributed by atoms with van der Waals surface area (Å²) in [5.74, 6) is 1.13. The van der Waals surface area contributed by atoms with E-state index < -0.39 is 0 Å². The predicted molar refractivity (Wildman–Crippen MR) is 129 cm³/mol. The molecular formula is C22H16Cl2N5O2S+. The molecule has 0 saturated carbocycles. The van der Waals surface area contributed by atoms with Crippen molar-refractivity contribution >= 4 is 69.3 Å². The van der Waals surface area contributed by atoms with Crippen LogP contribution in [0.3, 0.4) is 0 Å². The molecule has 0 aliphatic carbocycles. The lowest BCUT2D eigenvalue weighted by atomic mass is 10.1. The monoisotopic (exact) mass is 484 g/mol. The molecule has 4 aromatic rings. The molecule has 0 unspecified atom stereocenters. The van der Waals surface area contributed by atoms with Crippen molar-refractivity contribution < 1.29 is 8.95 Å². The normalized spacial score (nSPS) is 12.6. The smallest absolute Gasteiger partial charge is 0.486 e. The molecule has 1 aromatic carbocycles. The summed E-state index contributed by atoms with van der Waals surface area (Å²) in [6.07, 6.45) is 8.17. The first-order chi connectivity index (χ1) is 15.5. The molecule has 3 aromatic heterocycles. The van der Waals surface area contributed by atoms with Crippen molar-refractivity contribution in [1.82, 2.24) is 20.2 Å². The standard InChI is InChI=1S/C22H16Cl2N5O2S/c1-13(22-17(23)10-25-11-18(22)24)31-15-4-6-20-16(8-15)19(28-29-20)5-2-14-3-7-21(26-9-14)27-12-32-30/h2-13H,1H3,(H,28,29)/q+1/b5-2+,27-12+/t13-/m0/s1. The fourth-order valence-corrected chi connectivity index (χ4v) is 3.93. The number of pyridine rings is 2. The van der Waals surface area contributed by atoms with E-state index in [9.17, 15) is 4.21 Å². The highest BCUT2D eigenvalue weighted by Gasteiger charge is 2.16. The van der Waals surface area contributed by atoms with Crippen LogP contribution in [0.5, 0.6) is 5.75 Å². The molecule has 1 N–H and O–H groups in total. The first kappa shape index (κ1) is 22.0. The summed E-state index contributed by atoms with van der Waals surface area (Å²) in [5, 5.41) is 9.20. The summed E-state index contributed by atoms with van der Waals surface area (Å²) < 4.78 is 16.5. The lowest BCUT2D eigenvalue weighted by molar-refractivity contribution is 0.227. The number of benzene rings is 1. The number of rotatable bonds is 7. The van der Waals surface area contributed by atoms with E-state index in [0.29, 0.717) is 27.2 Å². The Balaban J connectivity index is 1.55. The minimum Gasteiger partial charge on any atom is -0.486 e. The number of ether oxygens (including phenoxy) is 1. The second-order valence-electron chi connectivity index (χ2n) is 6.71. The minimum absolute atomic E-state index is 0.281. The Labute approximate surface area is 197 Å². The summed E-state index contributed by atoms with van der Waals surface area (Å²) in [6, 6.07) is 9.27. The summed E-state index contributed by atoms with van der Waals surface area (Å²) >= 11 is 12.8. The lowest BCUT2D eigenvalue weighted by Crippen LogP contribution is -2.05. The SMILES string of the molecule is C[C@H](Oc1ccc2[nH]nc(/C=C/c3ccc(/N=C/[S+]=O)nc3)c2c1)c1c(Cl)cncc1Cl. The van der Waals surface area contributed by atoms with Gasteiger partial charge in [0.15, 0.2) is 5.82 Å². The molecule has 4 rings (SSSR count). The van der Waals surface area contributed by atoms with Crippen LogP contribution in [-0.2, 0) is 15.9 Å². The van der Waals surface area contributed by atoms with Crippen molar-refractivity contribution in [2.24, 2.45) is 4.99 Å². The molecule has 160 valence electrons. The van der Waals surface area contributed by atoms with Gasteiger partial charge in [-0.05, 0) is 48.9 Å². The van der Waals surface area contributed by atoms with E-state index in [0.717, 1.165) is 22.2 Å². The number of aromatic amines is 1. The molecule has 0 aliphatic heterocycles. The van der Waals surface area contributed by atoms with Gasteiger partial charge in [0.2, 0.25) is 0 Å². The molecule has 0 aliphatic rings. The highest BCUT2D eigenvalue weighted by Crippen LogP contribution is 2.33. The maximum atomic E-state index is 10.4. The molecule has 3 heterocycles. The third kappa shape index (κ3) is 4.99. The Morgan fingerprint density at radius 3 is 2.66 bits per heavy atom. The molecule has 0 fully saturated rings. The molecular weight excluding hydrogens is 469 g/mol. The zero-order chi connectivity index (χ0) is 22.5. The van der Waals surface area contributed by atoms with E-state index in [1.54, 1.807) is 24.7 Å². The second-order valence-corrected chi connectivity index (χ2v) is 7.92. The van der Waals surface area contributed by atoms with Crippen LogP contribution < -0.4 is 4.74 Å². The van der Waals surface area contributed by atoms with Crippen LogP contribution in [-0.4, -0.2) is 25.7 Å². The number of nitrogens with zero attached hydrogens (tertiary/aromatic N) is 4. The topological polar surface area (TPSA) is 93.1 Å². The molecule has 0 amide bonds. The quantitative estimate of drug-likeness (QED) is 0.195. The van der Waals surface area contributed by atoms with Crippen molar-refractivity contribution in [3.8, 4) is 5.75 Å². The van der Waals surface area contributed by atoms with Gasteiger partial charge in [-0.1, -0.05) is 29.3 Å². The molecule has 1 atom stereocenters. The zero-order valence-electron chi connectivity index (χ0n) is 16.7. The van der Waals surface area contributed by atoms with E-state index in [1.807, 2.05) is 43.3 Å². The van der Waals surface area contributed by atoms with E-state index >= 15 is 0 Å². The van der Waals surface area contributed by atoms with E-state index in [-0.39, 0.29) is 17.8 Å². The second kappa shape index (κ2) is 9.95. The van der Waals surface area contributed by atoms with Crippen molar-refractivity contribution in [3.63, 3.8) is 0 Å². The first-order valence-electron chi connectivity index (χ1n) is 9.44. The predicted octanol–water partition coefficient (Wildman–Crippen LogP) is 6.06. The van der Waals surface area contributed by atoms with Gasteiger partial charge in [0.25, 0.3) is 0 Å². The van der Waals surface area contributed by atoms with E-state index in [2.05, 4.69) is 25.2 Å². The zero-order valence-corrected chi connectivity index (χ0v) is 19.0. The Hall–Kier alpha value is -3.20. The average Bonchev–Trinajstić information content (AvgIpc) is 3.19. The van der Waals surface area contributed by atoms with Crippen molar-refractivity contribution in [3.05, 3.63) is 75.8 Å². The number of fused-ring (bicyclic) bond motifs is 1. The minimum atomic E-state index is -0.367. The number of aliphatic imine (C=N–C) groups is 1. The molecule has 0 saturated heterocycles. The first-order valence-corrected chi connectivity index (χ1v) is 11.0. The van der Waals surface area contributed by atoms with Gasteiger partial charge in [-0.2, -0.15) is 10.1 Å². The maximum Gasteiger partial charge on any atom is 0.518 e. The Morgan fingerprint density at radius 1 is 1.12 bits per heavy atom. The number of hydrogen-bond donors (Lipinski definition) is 1. The summed E-state index contributed by atoms with van der Waals surface area (Å²) in [4.78, 5) is 12.1. The largest absolute Gasteiger partial charge is 0.518 e. The van der Waals surface area contributed by atoms with Gasteiger partial charge in [0.05, 0.1) is 21.3 Å². The molecule has 10 heteroatoms. The number of hydrogen-bond acceptors (Lipinski definition) is 6. The summed E-state index contributed by atoms with van der Waals surface area (Å²) in [5.41, 5.74) is 4.39. The lowest BCUT2D eigenvalue weighted by Gasteiger charge is -2.17. The Morgan fingerprint density at radius 2 is 1.94 bits per heavy atom. The van der Waals surface area contributed by atoms with Gasteiger partial charge in [-0.25, -0.2) is 4.98 Å². The van der Waals surface area contributed by atoms with Gasteiger partial charge in [0.1, 0.15) is 11.9 Å². The molecule has 0 bridgehead atoms. The third-order valence-electron chi connectivity index (χ3n) is 4.61. The van der Waals surface area contributed by atoms with Crippen LogP contribution in [0.4, 0.5) is 5.82 Å². The van der Waals surface area contributed by atoms with Crippen LogP contribution >= 0.6 is 23.2 Å². The van der Waals surface area contributed by atoms with Crippen LogP contribution in [0.2, 0.25) is 10.0 Å². The summed E-state index contributed by atoms with van der Waals surface area (Å²) in [7, 11) is 0. The van der Waals surface area contributed by atoms with Gasteiger partial charge >= 0.3 is 17.2 Å². The Kier molecular flexibility index (Phi) is 6.84. The van der Waals surface area contributed by atoms with E-state index in [1.165, 1.54) is 5.55 Å². The maximum absolute atomic E-state index is 10.4. The van der Waals surface area contributed by atoms with Crippen molar-refractivity contribution in [1.29, 1.82) is 0 Å². The van der Waals surface area contributed by atoms with Crippen molar-refractivity contribution in [2.45, 2.75) is 13.0 Å². The molecule has 0 radical (unpaired) electrons. The fraction of sp³-hybridized carbons (Fsp3) is 0.0909. The fourth-order valence-electron chi connectivity index (χ4n) is 3.11. The highest BCUT2D eigenvalue weighted by atomic mass is 35.5. The highest BCUT2D eigenvalue weighted by molar-refractivity contribution is 7.81. The third-order valence-corrected chi connectivity index (χ3v) is 5.40. The van der Waals surface area contributed by atoms with Crippen LogP contribution in [0.1, 0.15) is 29.8 Å². The van der Waals surface area contributed by atoms with Gasteiger partial charge in [0, 0.05) is 33.7 Å². The van der Waals surface area contributed by atoms with Gasteiger partial charge in [-0.15, -0.1) is 0 Å². The molecule has 32 heavy (non-hydrogen) atoms. The number of nitrogens with one attached hydrogen (secondary N) is 1.